The van der Waals surface area contributed by atoms with Gasteiger partial charge in [-0.15, -0.1) is 0 Å². The Hall–Kier alpha value is -8.03. The van der Waals surface area contributed by atoms with Crippen molar-refractivity contribution in [3.63, 3.8) is 0 Å². The summed E-state index contributed by atoms with van der Waals surface area (Å²) in [5.74, 6) is -13.8. The number of rotatable bonds is 34. The van der Waals surface area contributed by atoms with E-state index in [1.165, 1.54) is 19.6 Å². The lowest BCUT2D eigenvalue weighted by molar-refractivity contribution is -0.152. The van der Waals surface area contributed by atoms with Gasteiger partial charge in [0.05, 0.1) is 19.1 Å². The van der Waals surface area contributed by atoms with Gasteiger partial charge in [0, 0.05) is 39.0 Å². The van der Waals surface area contributed by atoms with Crippen molar-refractivity contribution in [1.29, 1.82) is 0 Å². The molecule has 5 fully saturated rings. The second kappa shape index (κ2) is 35.1. The number of hydrogen-bond donors (Lipinski definition) is 13. The van der Waals surface area contributed by atoms with Crippen molar-refractivity contribution in [3.8, 4) is 0 Å². The van der Waals surface area contributed by atoms with Crippen LogP contribution < -0.4 is 59.7 Å². The summed E-state index contributed by atoms with van der Waals surface area (Å²) in [5, 5.41) is 41.4. The maximum absolute atomic E-state index is 14.6. The van der Waals surface area contributed by atoms with Crippen LogP contribution in [0.25, 0.3) is 0 Å². The number of carbonyl (C=O) groups is 15. The quantitative estimate of drug-likeness (QED) is 0.0290. The number of nitrogens with one attached hydrogen (secondary N) is 8. The van der Waals surface area contributed by atoms with Gasteiger partial charge in [0.2, 0.25) is 82.7 Å². The number of carboxylic acids is 1. The van der Waals surface area contributed by atoms with Gasteiger partial charge in [-0.3, -0.25) is 67.1 Å². The maximum atomic E-state index is 14.6. The van der Waals surface area contributed by atoms with Gasteiger partial charge in [-0.1, -0.05) is 54.4 Å². The number of carboxylic acid groups (broad SMARTS) is 1. The molecule has 5 heterocycles. The molecule has 14 atom stereocenters. The van der Waals surface area contributed by atoms with E-state index in [1.807, 2.05) is 13.8 Å². The van der Waals surface area contributed by atoms with E-state index in [2.05, 4.69) is 42.5 Å². The molecule has 5 aliphatic heterocycles. The highest BCUT2D eigenvalue weighted by Gasteiger charge is 2.47. The molecule has 0 aromatic rings. The minimum Gasteiger partial charge on any atom is -0.480 e. The molecule has 92 heavy (non-hydrogen) atoms. The number of nitrogens with zero attached hydrogens (tertiary/aromatic N) is 4. The number of aliphatic carboxylic acids is 1. The standard InChI is InChI=1S/C60H97N15O17/c1-7-32(5)47(70-49(80)34-14-9-23-64-34)58(89)73-25-11-16-41(73)55(86)66-36(20-22-45(62)78)51(82)69-39(30-76)53(84)68-38(28-31(3)4)56(87)72-24-10-15-40(72)54(85)65-35(19-21-44(61)77)50(81)67-37(29-46(63)79)52(83)71-48(33(6)8-2)59(90)74-26-12-17-42(74)57(88)75-27-13-18-43(75)60(91)92/h31-43,47-48,64,76H,7-30H2,1-6H3,(H2,61,77)(H2,62,78)(H2,63,79)(H,65,85)(H,66,86)(H,67,81)(H,68,84)(H,69,82)(H,70,80)(H,71,83)(H,91,92)/t32-,33-,34-,35-,36-,37-,38-,39-,40-,41-,42-,43-,47-,48-/m0/s1. The average Bonchev–Trinajstić information content (AvgIpc) is 1.75. The molecule has 14 amide bonds. The monoisotopic (exact) mass is 1300 g/mol. The summed E-state index contributed by atoms with van der Waals surface area (Å²) in [4.78, 5) is 209. The Morgan fingerprint density at radius 3 is 1.34 bits per heavy atom. The van der Waals surface area contributed by atoms with Crippen molar-refractivity contribution in [2.75, 3.05) is 39.3 Å². The normalized spacial score (nSPS) is 22.5. The zero-order valence-corrected chi connectivity index (χ0v) is 53.7. The van der Waals surface area contributed by atoms with E-state index in [4.69, 9.17) is 17.2 Å². The van der Waals surface area contributed by atoms with Crippen LogP contribution >= 0.6 is 0 Å². The Kier molecular flexibility index (Phi) is 28.5. The van der Waals surface area contributed by atoms with Crippen LogP contribution in [0.3, 0.4) is 0 Å². The fourth-order valence-electron chi connectivity index (χ4n) is 12.5. The van der Waals surface area contributed by atoms with E-state index < -0.39 is 193 Å². The van der Waals surface area contributed by atoms with Crippen LogP contribution in [-0.4, -0.2) is 230 Å². The fraction of sp³-hybridized carbons (Fsp3) is 0.750. The van der Waals surface area contributed by atoms with E-state index in [-0.39, 0.29) is 88.9 Å². The molecule has 0 radical (unpaired) electrons. The third-order valence-electron chi connectivity index (χ3n) is 18.0. The highest BCUT2D eigenvalue weighted by atomic mass is 16.4. The first kappa shape index (κ1) is 74.7. The van der Waals surface area contributed by atoms with E-state index in [9.17, 15) is 82.1 Å². The fourth-order valence-corrected chi connectivity index (χ4v) is 12.5. The molecule has 0 saturated carbocycles. The second-order valence-electron chi connectivity index (χ2n) is 25.3. The molecular formula is C60H97N15O17. The summed E-state index contributed by atoms with van der Waals surface area (Å²) < 4.78 is 0. The predicted molar refractivity (Wildman–Crippen MR) is 327 cm³/mol. The molecule has 0 spiro atoms. The number of aliphatic hydroxyl groups excluding tert-OH is 1. The van der Waals surface area contributed by atoms with Crippen LogP contribution in [0.1, 0.15) is 157 Å². The smallest absolute Gasteiger partial charge is 0.326 e. The number of nitrogens with two attached hydrogens (primary N) is 3. The van der Waals surface area contributed by atoms with Gasteiger partial charge in [-0.25, -0.2) is 4.79 Å². The number of primary amides is 3. The summed E-state index contributed by atoms with van der Waals surface area (Å²) >= 11 is 0. The van der Waals surface area contributed by atoms with Crippen LogP contribution in [0.4, 0.5) is 0 Å². The summed E-state index contributed by atoms with van der Waals surface area (Å²) in [7, 11) is 0. The Morgan fingerprint density at radius 1 is 0.467 bits per heavy atom. The molecule has 0 unspecified atom stereocenters. The highest BCUT2D eigenvalue weighted by Crippen LogP contribution is 2.28. The van der Waals surface area contributed by atoms with Gasteiger partial charge < -0.3 is 89.5 Å². The molecule has 0 aromatic heterocycles. The van der Waals surface area contributed by atoms with Crippen molar-refractivity contribution >= 4 is 88.7 Å². The van der Waals surface area contributed by atoms with Crippen LogP contribution in [0.5, 0.6) is 0 Å². The van der Waals surface area contributed by atoms with E-state index >= 15 is 0 Å². The molecule has 32 heteroatoms. The molecular weight excluding hydrogens is 1200 g/mol. The van der Waals surface area contributed by atoms with E-state index in [0.29, 0.717) is 45.1 Å². The minimum absolute atomic E-state index is 0.0276. The molecule has 5 rings (SSSR count). The van der Waals surface area contributed by atoms with Gasteiger partial charge in [0.1, 0.15) is 66.5 Å². The van der Waals surface area contributed by atoms with Crippen LogP contribution in [-0.2, 0) is 71.9 Å². The summed E-state index contributed by atoms with van der Waals surface area (Å²) in [6.07, 6.45) is 1.98. The topological polar surface area (TPSA) is 484 Å². The number of amides is 14. The van der Waals surface area contributed by atoms with Gasteiger partial charge >= 0.3 is 5.97 Å². The maximum Gasteiger partial charge on any atom is 0.326 e. The third-order valence-corrected chi connectivity index (χ3v) is 18.0. The summed E-state index contributed by atoms with van der Waals surface area (Å²) in [6.45, 7) is 10.6. The predicted octanol–water partition coefficient (Wildman–Crippen LogP) is -4.28. The van der Waals surface area contributed by atoms with Crippen molar-refractivity contribution in [3.05, 3.63) is 0 Å². The molecule has 5 saturated heterocycles. The minimum atomic E-state index is -1.77. The van der Waals surface area contributed by atoms with E-state index in [1.54, 1.807) is 27.7 Å². The lowest BCUT2D eigenvalue weighted by atomic mass is 9.96. The molecule has 5 aliphatic rings. The van der Waals surface area contributed by atoms with Gasteiger partial charge in [-0.05, 0) is 108 Å². The first-order valence-electron chi connectivity index (χ1n) is 32.3. The first-order chi connectivity index (χ1) is 43.5. The Bertz CT molecular complexity index is 2730. The number of aliphatic hydroxyl groups is 1. The zero-order chi connectivity index (χ0) is 68.3. The highest BCUT2D eigenvalue weighted by molar-refractivity contribution is 6.01. The second-order valence-corrected chi connectivity index (χ2v) is 25.3. The molecule has 0 aromatic carbocycles. The third kappa shape index (κ3) is 20.2. The lowest BCUT2D eigenvalue weighted by Crippen LogP contribution is -2.61. The number of carbonyl (C=O) groups excluding carboxylic acids is 14. The van der Waals surface area contributed by atoms with Crippen LogP contribution in [0.2, 0.25) is 0 Å². The van der Waals surface area contributed by atoms with E-state index in [0.717, 1.165) is 6.42 Å². The summed E-state index contributed by atoms with van der Waals surface area (Å²) in [6, 6.07) is -15.3. The lowest BCUT2D eigenvalue weighted by Gasteiger charge is -2.34. The summed E-state index contributed by atoms with van der Waals surface area (Å²) in [5.41, 5.74) is 16.5. The van der Waals surface area contributed by atoms with Gasteiger partial charge in [0.15, 0.2) is 0 Å². The SMILES string of the molecule is CC[C@H](C)[C@H](NC(=O)[C@@H]1CCCN1)C(=O)N1CCC[C@H]1C(=O)N[C@@H](CCC(N)=O)C(=O)N[C@@H](CO)C(=O)N[C@@H](CC(C)C)C(=O)N1CCC[C@H]1C(=O)N[C@@H](CCC(N)=O)C(=O)N[C@@H](CC(N)=O)C(=O)N[C@H](C(=O)N1CCC[C@H]1C(=O)N1CCC[C@H]1C(=O)O)[C@@H](C)CC. The zero-order valence-electron chi connectivity index (χ0n) is 53.7. The number of likely N-dealkylation sites (tertiary alicyclic amines) is 4. The molecule has 16 N–H and O–H groups in total. The van der Waals surface area contributed by atoms with Crippen LogP contribution in [0.15, 0.2) is 0 Å². The molecule has 0 aliphatic carbocycles. The molecule has 0 bridgehead atoms. The molecule has 32 nitrogen and oxygen atoms in total. The first-order valence-corrected chi connectivity index (χ1v) is 32.3. The Balaban J connectivity index is 1.28. The van der Waals surface area contributed by atoms with Crippen molar-refractivity contribution in [2.24, 2.45) is 35.0 Å². The average molecular weight is 1300 g/mol. The van der Waals surface area contributed by atoms with Crippen molar-refractivity contribution in [2.45, 2.75) is 230 Å². The van der Waals surface area contributed by atoms with Crippen LogP contribution in [0, 0.1) is 17.8 Å². The van der Waals surface area contributed by atoms with Crippen molar-refractivity contribution < 1.29 is 82.1 Å². The Labute approximate surface area is 535 Å². The van der Waals surface area contributed by atoms with Crippen molar-refractivity contribution in [1.82, 2.24) is 62.1 Å². The van der Waals surface area contributed by atoms with Gasteiger partial charge in [-0.2, -0.15) is 0 Å². The molecule has 514 valence electrons. The number of hydrogen-bond acceptors (Lipinski definition) is 17. The Morgan fingerprint density at radius 2 is 0.891 bits per heavy atom. The van der Waals surface area contributed by atoms with Gasteiger partial charge in [0.25, 0.3) is 0 Å². The largest absolute Gasteiger partial charge is 0.480 e.